The lowest BCUT2D eigenvalue weighted by molar-refractivity contribution is 0.0992. The van der Waals surface area contributed by atoms with E-state index < -0.39 is 34.8 Å². The number of hydrogen-bond acceptors (Lipinski definition) is 6. The summed E-state index contributed by atoms with van der Waals surface area (Å²) in [4.78, 5) is 11.3. The maximum Gasteiger partial charge on any atom is 0.256 e. The van der Waals surface area contributed by atoms with Gasteiger partial charge in [-0.05, 0) is 17.7 Å². The summed E-state index contributed by atoms with van der Waals surface area (Å²) in [5.41, 5.74) is 5.01. The van der Waals surface area contributed by atoms with Crippen LogP contribution in [0.1, 0.15) is 27.6 Å². The van der Waals surface area contributed by atoms with Gasteiger partial charge >= 0.3 is 0 Å². The van der Waals surface area contributed by atoms with E-state index in [2.05, 4.69) is 0 Å². The molecule has 1 amide bonds. The minimum absolute atomic E-state index is 0.0376. The van der Waals surface area contributed by atoms with E-state index in [0.29, 0.717) is 5.56 Å². The number of carbonyl (C=O) groups is 1. The van der Waals surface area contributed by atoms with Crippen molar-refractivity contribution in [3.05, 3.63) is 47.0 Å². The highest BCUT2D eigenvalue weighted by atomic mass is 16.5. The normalized spacial score (nSPS) is 12.0. The number of aromatic hydroxyl groups is 4. The Morgan fingerprint density at radius 3 is 2.18 bits per heavy atom. The number of primary amides is 1. The number of phenolic OH excluding ortho intramolecular Hbond substituents is 2. The van der Waals surface area contributed by atoms with Crippen LogP contribution in [0, 0.1) is 0 Å². The smallest absolute Gasteiger partial charge is 0.256 e. The molecule has 0 aliphatic rings. The quantitative estimate of drug-likeness (QED) is 0.579. The minimum Gasteiger partial charge on any atom is -0.508 e. The number of phenols is 4. The van der Waals surface area contributed by atoms with Crippen LogP contribution in [0.3, 0.4) is 0 Å². The first-order valence-electron chi connectivity index (χ1n) is 6.26. The molecule has 2 aromatic carbocycles. The fraction of sp³-hybridized carbons (Fsp3) is 0.133. The molecule has 0 aromatic heterocycles. The maximum atomic E-state index is 11.3. The van der Waals surface area contributed by atoms with Crippen LogP contribution in [0.2, 0.25) is 0 Å². The number of ether oxygens (including phenoxy) is 1. The standard InChI is InChI=1S/C15H15NO6/c1-22-14(7-2-4-8(17)5-3-7)11-9(18)6-10(19)12(13(11)20)15(16)21/h2-6,14,17-20H,1H3,(H2,16,21). The fourth-order valence-corrected chi connectivity index (χ4v) is 2.23. The molecule has 0 bridgehead atoms. The highest BCUT2D eigenvalue weighted by molar-refractivity contribution is 5.99. The summed E-state index contributed by atoms with van der Waals surface area (Å²) >= 11 is 0. The molecule has 0 aliphatic carbocycles. The Kier molecular flexibility index (Phi) is 4.09. The van der Waals surface area contributed by atoms with E-state index in [-0.39, 0.29) is 11.3 Å². The van der Waals surface area contributed by atoms with Crippen LogP contribution >= 0.6 is 0 Å². The van der Waals surface area contributed by atoms with Crippen LogP contribution in [0.4, 0.5) is 0 Å². The van der Waals surface area contributed by atoms with Crippen molar-refractivity contribution in [2.45, 2.75) is 6.10 Å². The summed E-state index contributed by atoms with van der Waals surface area (Å²) in [7, 11) is 1.34. The van der Waals surface area contributed by atoms with Crippen LogP contribution < -0.4 is 5.73 Å². The van der Waals surface area contributed by atoms with Gasteiger partial charge in [0.25, 0.3) is 5.91 Å². The monoisotopic (exact) mass is 305 g/mol. The Balaban J connectivity index is 2.65. The molecule has 0 aliphatic heterocycles. The summed E-state index contributed by atoms with van der Waals surface area (Å²) in [5, 5.41) is 39.1. The summed E-state index contributed by atoms with van der Waals surface area (Å²) in [6, 6.07) is 6.77. The second kappa shape index (κ2) is 5.82. The molecule has 22 heavy (non-hydrogen) atoms. The molecule has 0 fully saturated rings. The van der Waals surface area contributed by atoms with Crippen molar-refractivity contribution in [2.24, 2.45) is 5.73 Å². The van der Waals surface area contributed by atoms with Crippen LogP contribution in [0.25, 0.3) is 0 Å². The maximum absolute atomic E-state index is 11.3. The number of methoxy groups -OCH3 is 1. The van der Waals surface area contributed by atoms with Gasteiger partial charge in [0, 0.05) is 13.2 Å². The van der Waals surface area contributed by atoms with Crippen LogP contribution in [-0.4, -0.2) is 33.4 Å². The third-order valence-corrected chi connectivity index (χ3v) is 3.24. The summed E-state index contributed by atoms with van der Waals surface area (Å²) < 4.78 is 5.26. The molecule has 0 radical (unpaired) electrons. The van der Waals surface area contributed by atoms with Crippen LogP contribution in [0.15, 0.2) is 30.3 Å². The Morgan fingerprint density at radius 1 is 1.09 bits per heavy atom. The molecule has 1 unspecified atom stereocenters. The first-order valence-corrected chi connectivity index (χ1v) is 6.26. The molecule has 0 saturated carbocycles. The first kappa shape index (κ1) is 15.5. The molecule has 0 saturated heterocycles. The molecule has 116 valence electrons. The molecule has 0 spiro atoms. The van der Waals surface area contributed by atoms with E-state index in [1.165, 1.54) is 31.4 Å². The molecule has 6 N–H and O–H groups in total. The lowest BCUT2D eigenvalue weighted by atomic mass is 9.96. The van der Waals surface area contributed by atoms with Gasteiger partial charge < -0.3 is 30.9 Å². The van der Waals surface area contributed by atoms with E-state index in [0.717, 1.165) is 6.07 Å². The number of hydrogen-bond donors (Lipinski definition) is 5. The SMILES string of the molecule is COC(c1ccc(O)cc1)c1c(O)cc(O)c(C(N)=O)c1O. The fourth-order valence-electron chi connectivity index (χ4n) is 2.23. The van der Waals surface area contributed by atoms with Crippen LogP contribution in [0.5, 0.6) is 23.0 Å². The minimum atomic E-state index is -1.04. The van der Waals surface area contributed by atoms with Crippen molar-refractivity contribution >= 4 is 5.91 Å². The highest BCUT2D eigenvalue weighted by Crippen LogP contribution is 2.44. The van der Waals surface area contributed by atoms with Crippen molar-refractivity contribution in [1.29, 1.82) is 0 Å². The summed E-state index contributed by atoms with van der Waals surface area (Å²) in [6.07, 6.45) is -0.931. The van der Waals surface area contributed by atoms with Crippen molar-refractivity contribution < 1.29 is 30.0 Å². The predicted molar refractivity (Wildman–Crippen MR) is 76.9 cm³/mol. The van der Waals surface area contributed by atoms with E-state index in [1.54, 1.807) is 0 Å². The number of rotatable bonds is 4. The molecule has 2 aromatic rings. The van der Waals surface area contributed by atoms with Crippen molar-refractivity contribution in [3.8, 4) is 23.0 Å². The van der Waals surface area contributed by atoms with Crippen molar-refractivity contribution in [2.75, 3.05) is 7.11 Å². The predicted octanol–water partition coefficient (Wildman–Crippen LogP) is 1.34. The number of amides is 1. The second-order valence-electron chi connectivity index (χ2n) is 4.62. The van der Waals surface area contributed by atoms with Gasteiger partial charge in [-0.15, -0.1) is 0 Å². The van der Waals surface area contributed by atoms with Gasteiger partial charge in [0.2, 0.25) is 0 Å². The molecular weight excluding hydrogens is 290 g/mol. The second-order valence-corrected chi connectivity index (χ2v) is 4.62. The third-order valence-electron chi connectivity index (χ3n) is 3.24. The van der Waals surface area contributed by atoms with E-state index in [4.69, 9.17) is 10.5 Å². The average Bonchev–Trinajstić information content (AvgIpc) is 2.43. The summed E-state index contributed by atoms with van der Waals surface area (Å²) in [6.45, 7) is 0. The van der Waals surface area contributed by atoms with E-state index in [1.807, 2.05) is 0 Å². The van der Waals surface area contributed by atoms with Gasteiger partial charge in [-0.25, -0.2) is 0 Å². The van der Waals surface area contributed by atoms with Gasteiger partial charge in [-0.2, -0.15) is 0 Å². The Bertz CT molecular complexity index is 711. The molecule has 7 heteroatoms. The van der Waals surface area contributed by atoms with Crippen LogP contribution in [-0.2, 0) is 4.74 Å². The number of carbonyl (C=O) groups excluding carboxylic acids is 1. The lowest BCUT2D eigenvalue weighted by Gasteiger charge is -2.20. The van der Waals surface area contributed by atoms with Crippen molar-refractivity contribution in [3.63, 3.8) is 0 Å². The number of benzene rings is 2. The zero-order valence-electron chi connectivity index (χ0n) is 11.6. The zero-order valence-corrected chi connectivity index (χ0v) is 11.6. The van der Waals surface area contributed by atoms with Crippen molar-refractivity contribution in [1.82, 2.24) is 0 Å². The molecule has 1 atom stereocenters. The third kappa shape index (κ3) is 2.61. The highest BCUT2D eigenvalue weighted by Gasteiger charge is 2.27. The van der Waals surface area contributed by atoms with Gasteiger partial charge in [0.1, 0.15) is 34.7 Å². The summed E-state index contributed by atoms with van der Waals surface area (Å²) in [5.74, 6) is -2.76. The molecule has 7 nitrogen and oxygen atoms in total. The Morgan fingerprint density at radius 2 is 1.68 bits per heavy atom. The lowest BCUT2D eigenvalue weighted by Crippen LogP contribution is -2.14. The first-order chi connectivity index (χ1) is 10.4. The van der Waals surface area contributed by atoms with Gasteiger partial charge in [-0.3, -0.25) is 4.79 Å². The molecule has 2 rings (SSSR count). The number of nitrogens with two attached hydrogens (primary N) is 1. The largest absolute Gasteiger partial charge is 0.508 e. The zero-order chi connectivity index (χ0) is 16.4. The Hall–Kier alpha value is -2.93. The topological polar surface area (TPSA) is 133 Å². The van der Waals surface area contributed by atoms with Gasteiger partial charge in [0.15, 0.2) is 0 Å². The average molecular weight is 305 g/mol. The van der Waals surface area contributed by atoms with Gasteiger partial charge in [-0.1, -0.05) is 12.1 Å². The molecule has 0 heterocycles. The van der Waals surface area contributed by atoms with E-state index in [9.17, 15) is 25.2 Å². The molecular formula is C15H15NO6. The van der Waals surface area contributed by atoms with E-state index >= 15 is 0 Å². The van der Waals surface area contributed by atoms with Gasteiger partial charge in [0.05, 0.1) is 5.56 Å². The Labute approximate surface area is 125 Å².